The van der Waals surface area contributed by atoms with Gasteiger partial charge in [-0.15, -0.1) is 11.3 Å². The highest BCUT2D eigenvalue weighted by Crippen LogP contribution is 2.43. The van der Waals surface area contributed by atoms with E-state index in [9.17, 15) is 18.0 Å². The molecule has 178 valence electrons. The summed E-state index contributed by atoms with van der Waals surface area (Å²) in [6, 6.07) is 8.70. The molecule has 2 aliphatic heterocycles. The van der Waals surface area contributed by atoms with Crippen LogP contribution in [0.5, 0.6) is 0 Å². The van der Waals surface area contributed by atoms with E-state index in [2.05, 4.69) is 10.4 Å². The summed E-state index contributed by atoms with van der Waals surface area (Å²) in [5, 5.41) is 9.32. The van der Waals surface area contributed by atoms with Crippen LogP contribution in [0.15, 0.2) is 53.0 Å². The average Bonchev–Trinajstić information content (AvgIpc) is 3.53. The number of nitrogens with one attached hydrogen (secondary N) is 1. The van der Waals surface area contributed by atoms with E-state index in [0.717, 1.165) is 23.8 Å². The van der Waals surface area contributed by atoms with Crippen LogP contribution in [0.3, 0.4) is 0 Å². The second kappa shape index (κ2) is 8.62. The highest BCUT2D eigenvalue weighted by molar-refractivity contribution is 7.10. The molecule has 2 aromatic heterocycles. The predicted octanol–water partition coefficient (Wildman–Crippen LogP) is 6.92. The lowest BCUT2D eigenvalue weighted by molar-refractivity contribution is -0.141. The second-order valence-electron chi connectivity index (χ2n) is 8.27. The Balaban J connectivity index is 1.63. The lowest BCUT2D eigenvalue weighted by Gasteiger charge is -2.33. The molecule has 0 aliphatic carbocycles. The molecule has 34 heavy (non-hydrogen) atoms. The first-order valence-electron chi connectivity index (χ1n) is 10.6. The van der Waals surface area contributed by atoms with Crippen LogP contribution in [0.2, 0.25) is 10.0 Å². The molecule has 0 spiro atoms. The summed E-state index contributed by atoms with van der Waals surface area (Å²) in [4.78, 5) is 16.9. The predicted molar refractivity (Wildman–Crippen MR) is 126 cm³/mol. The van der Waals surface area contributed by atoms with E-state index >= 15 is 0 Å². The molecule has 5 rings (SSSR count). The van der Waals surface area contributed by atoms with E-state index in [0.29, 0.717) is 28.4 Å². The first-order valence-corrected chi connectivity index (χ1v) is 12.2. The van der Waals surface area contributed by atoms with Gasteiger partial charge in [-0.25, -0.2) is 4.68 Å². The molecule has 2 atom stereocenters. The molecule has 1 saturated heterocycles. The number of nitrogens with zero attached hydrogens (tertiary/aromatic N) is 3. The number of rotatable bonds is 3. The van der Waals surface area contributed by atoms with E-state index in [1.807, 2.05) is 17.5 Å². The third-order valence-electron chi connectivity index (χ3n) is 6.14. The molecule has 0 saturated carbocycles. The average molecular weight is 527 g/mol. The van der Waals surface area contributed by atoms with Crippen molar-refractivity contribution in [3.63, 3.8) is 0 Å². The maximum absolute atomic E-state index is 14.0. The first-order chi connectivity index (χ1) is 16.1. The van der Waals surface area contributed by atoms with Gasteiger partial charge in [0.1, 0.15) is 11.9 Å². The van der Waals surface area contributed by atoms with Gasteiger partial charge in [-0.3, -0.25) is 4.79 Å². The number of likely N-dealkylation sites (tertiary alicyclic amines) is 1. The fourth-order valence-electron chi connectivity index (χ4n) is 4.62. The summed E-state index contributed by atoms with van der Waals surface area (Å²) in [6.45, 7) is 2.25. The van der Waals surface area contributed by atoms with Gasteiger partial charge in [0.2, 0.25) is 0 Å². The molecule has 11 heteroatoms. The Morgan fingerprint density at radius 2 is 2.00 bits per heavy atom. The highest BCUT2D eigenvalue weighted by Gasteiger charge is 2.42. The second-order valence-corrected chi connectivity index (χ2v) is 10.1. The summed E-state index contributed by atoms with van der Waals surface area (Å²) in [6.07, 6.45) is -2.96. The van der Waals surface area contributed by atoms with Crippen molar-refractivity contribution < 1.29 is 18.0 Å². The number of allylic oxidation sites excluding steroid dienone is 1. The molecule has 4 heterocycles. The molecule has 3 aromatic rings. The summed E-state index contributed by atoms with van der Waals surface area (Å²) in [7, 11) is 0. The standard InChI is InChI=1S/C23H19Cl2F3N4OS/c1-12-20(22(33)31-8-2-4-16(31)17-5-3-9-34-17)21(13-6-7-14(24)15(25)10-13)32-19(29-12)11-18(30-32)23(26,27)28/h3,5-7,9-11,16,21,29H,2,4,8H2,1H3. The van der Waals surface area contributed by atoms with Crippen LogP contribution in [0.1, 0.15) is 48.0 Å². The number of amides is 1. The number of hydrogen-bond donors (Lipinski definition) is 1. The van der Waals surface area contributed by atoms with Crippen LogP contribution in [-0.4, -0.2) is 27.1 Å². The zero-order chi connectivity index (χ0) is 24.2. The number of halogens is 5. The minimum absolute atomic E-state index is 0.0768. The van der Waals surface area contributed by atoms with Gasteiger partial charge in [-0.05, 0) is 48.9 Å². The van der Waals surface area contributed by atoms with E-state index < -0.39 is 17.9 Å². The number of alkyl halides is 3. The Bertz CT molecular complexity index is 1290. The van der Waals surface area contributed by atoms with Crippen LogP contribution in [0, 0.1) is 0 Å². The van der Waals surface area contributed by atoms with Crippen molar-refractivity contribution in [1.82, 2.24) is 14.7 Å². The molecule has 0 bridgehead atoms. The third-order valence-corrected chi connectivity index (χ3v) is 7.85. The molecule has 2 aliphatic rings. The van der Waals surface area contributed by atoms with Crippen molar-refractivity contribution in [2.75, 3.05) is 11.9 Å². The quantitative estimate of drug-likeness (QED) is 0.402. The molecule has 1 aromatic carbocycles. The zero-order valence-corrected chi connectivity index (χ0v) is 20.2. The van der Waals surface area contributed by atoms with Crippen molar-refractivity contribution in [1.29, 1.82) is 0 Å². The van der Waals surface area contributed by atoms with Crippen LogP contribution in [0.25, 0.3) is 0 Å². The van der Waals surface area contributed by atoms with Gasteiger partial charge in [0.15, 0.2) is 5.69 Å². The summed E-state index contributed by atoms with van der Waals surface area (Å²) in [5.74, 6) is -0.0969. The maximum atomic E-state index is 14.0. The van der Waals surface area contributed by atoms with Gasteiger partial charge in [0.05, 0.1) is 21.7 Å². The van der Waals surface area contributed by atoms with Gasteiger partial charge < -0.3 is 10.2 Å². The highest BCUT2D eigenvalue weighted by atomic mass is 35.5. The molecule has 2 unspecified atom stereocenters. The number of carbonyl (C=O) groups excluding carboxylic acids is 1. The number of thiophene rings is 1. The van der Waals surface area contributed by atoms with Gasteiger partial charge in [-0.1, -0.05) is 35.3 Å². The normalized spacial score (nSPS) is 20.5. The molecule has 0 radical (unpaired) electrons. The minimum Gasteiger partial charge on any atom is -0.344 e. The van der Waals surface area contributed by atoms with E-state index in [1.54, 1.807) is 41.4 Å². The van der Waals surface area contributed by atoms with Gasteiger partial charge in [0, 0.05) is 23.2 Å². The van der Waals surface area contributed by atoms with Crippen LogP contribution < -0.4 is 5.32 Å². The van der Waals surface area contributed by atoms with Gasteiger partial charge in [-0.2, -0.15) is 18.3 Å². The molecule has 1 N–H and O–H groups in total. The van der Waals surface area contributed by atoms with Crippen molar-refractivity contribution in [2.45, 2.75) is 38.0 Å². The molecular formula is C23H19Cl2F3N4OS. The SMILES string of the molecule is CC1=C(C(=O)N2CCCC2c2cccs2)C(c2ccc(Cl)c(Cl)c2)n2nc(C(F)(F)F)cc2N1. The van der Waals surface area contributed by atoms with E-state index in [1.165, 1.54) is 4.68 Å². The van der Waals surface area contributed by atoms with Crippen LogP contribution in [0.4, 0.5) is 19.0 Å². The lowest BCUT2D eigenvalue weighted by Crippen LogP contribution is -2.38. The molecule has 5 nitrogen and oxygen atoms in total. The Hall–Kier alpha value is -2.49. The van der Waals surface area contributed by atoms with E-state index in [4.69, 9.17) is 23.2 Å². The minimum atomic E-state index is -4.63. The number of hydrogen-bond acceptors (Lipinski definition) is 4. The van der Waals surface area contributed by atoms with Crippen molar-refractivity contribution in [2.24, 2.45) is 0 Å². The van der Waals surface area contributed by atoms with Gasteiger partial charge >= 0.3 is 6.18 Å². The van der Waals surface area contributed by atoms with Gasteiger partial charge in [0.25, 0.3) is 5.91 Å². The Kier molecular flexibility index (Phi) is 5.90. The fraction of sp³-hybridized carbons (Fsp3) is 0.304. The molecule has 1 amide bonds. The first kappa shape index (κ1) is 23.3. The summed E-state index contributed by atoms with van der Waals surface area (Å²) < 4.78 is 41.7. The number of fused-ring (bicyclic) bond motifs is 1. The Morgan fingerprint density at radius 1 is 1.21 bits per heavy atom. The summed E-state index contributed by atoms with van der Waals surface area (Å²) in [5.41, 5.74) is 0.271. The van der Waals surface area contributed by atoms with E-state index in [-0.39, 0.29) is 22.8 Å². The van der Waals surface area contributed by atoms with Crippen molar-refractivity contribution in [3.05, 3.63) is 79.2 Å². The maximum Gasteiger partial charge on any atom is 0.435 e. The number of benzene rings is 1. The molecular weight excluding hydrogens is 508 g/mol. The zero-order valence-electron chi connectivity index (χ0n) is 17.9. The van der Waals surface area contributed by atoms with Crippen molar-refractivity contribution in [3.8, 4) is 0 Å². The summed E-state index contributed by atoms with van der Waals surface area (Å²) >= 11 is 13.9. The molecule has 1 fully saturated rings. The monoisotopic (exact) mass is 526 g/mol. The van der Waals surface area contributed by atoms with Crippen LogP contribution >= 0.6 is 34.5 Å². The number of carbonyl (C=O) groups is 1. The smallest absolute Gasteiger partial charge is 0.344 e. The number of aromatic nitrogens is 2. The topological polar surface area (TPSA) is 50.2 Å². The lowest BCUT2D eigenvalue weighted by atomic mass is 9.94. The third kappa shape index (κ3) is 3.99. The fourth-order valence-corrected chi connectivity index (χ4v) is 5.80. The Morgan fingerprint density at radius 3 is 2.68 bits per heavy atom. The number of anilines is 1. The largest absolute Gasteiger partial charge is 0.435 e. The Labute approximate surface area is 207 Å². The van der Waals surface area contributed by atoms with Crippen LogP contribution in [-0.2, 0) is 11.0 Å². The van der Waals surface area contributed by atoms with Crippen molar-refractivity contribution >= 4 is 46.3 Å².